The average Bonchev–Trinajstić information content (AvgIpc) is 3.00. The maximum atomic E-state index is 14.8. The Balaban J connectivity index is 1.16. The molecule has 0 atom stereocenters. The number of ether oxygens (including phenoxy) is 1. The molecule has 2 aliphatic carbocycles. The lowest BCUT2D eigenvalue weighted by atomic mass is 9.68. The molecule has 0 aromatic heterocycles. The van der Waals surface area contributed by atoms with Crippen molar-refractivity contribution in [1.29, 1.82) is 0 Å². The normalized spacial score (nSPS) is 22.9. The fourth-order valence-corrected chi connectivity index (χ4v) is 7.23. The van der Waals surface area contributed by atoms with Gasteiger partial charge >= 0.3 is 6.11 Å². The molecule has 0 spiro atoms. The number of hydrogen-bond acceptors (Lipinski definition) is 1. The molecule has 0 saturated heterocycles. The maximum absolute atomic E-state index is 14.8. The molecule has 0 aliphatic heterocycles. The van der Waals surface area contributed by atoms with E-state index in [1.54, 1.807) is 0 Å². The van der Waals surface area contributed by atoms with Crippen LogP contribution in [0.4, 0.5) is 26.3 Å². The first-order valence-electron chi connectivity index (χ1n) is 15.8. The first-order valence-corrected chi connectivity index (χ1v) is 15.8. The minimum atomic E-state index is -4.24. The molecule has 2 saturated carbocycles. The molecule has 0 bridgehead atoms. The summed E-state index contributed by atoms with van der Waals surface area (Å²) in [5.74, 6) is -4.24. The van der Waals surface area contributed by atoms with Gasteiger partial charge in [-0.3, -0.25) is 0 Å². The van der Waals surface area contributed by atoms with E-state index in [0.29, 0.717) is 17.0 Å². The summed E-state index contributed by atoms with van der Waals surface area (Å²) in [5, 5.41) is 0. The van der Waals surface area contributed by atoms with E-state index in [4.69, 9.17) is 0 Å². The minimum absolute atomic E-state index is 0.285. The summed E-state index contributed by atoms with van der Waals surface area (Å²) in [5.41, 5.74) is 1.25. The molecule has 3 aromatic carbocycles. The van der Waals surface area contributed by atoms with E-state index < -0.39 is 40.7 Å². The number of unbranched alkanes of at least 4 members (excludes halogenated alkanes) is 2. The summed E-state index contributed by atoms with van der Waals surface area (Å²) < 4.78 is 88.5. The van der Waals surface area contributed by atoms with Crippen LogP contribution < -0.4 is 4.74 Å². The summed E-state index contributed by atoms with van der Waals surface area (Å²) in [6.45, 7) is 2.27. The Morgan fingerprint density at radius 2 is 1.26 bits per heavy atom. The van der Waals surface area contributed by atoms with Crippen molar-refractivity contribution in [1.82, 2.24) is 0 Å². The molecular formula is C36H40F6O. The van der Waals surface area contributed by atoms with E-state index in [-0.39, 0.29) is 12.1 Å². The van der Waals surface area contributed by atoms with Gasteiger partial charge in [-0.25, -0.2) is 17.6 Å². The van der Waals surface area contributed by atoms with Gasteiger partial charge in [0.15, 0.2) is 17.5 Å². The largest absolute Gasteiger partial charge is 0.429 e. The van der Waals surface area contributed by atoms with Crippen molar-refractivity contribution in [2.24, 2.45) is 17.8 Å². The Kier molecular flexibility index (Phi) is 10.1. The molecule has 0 radical (unpaired) electrons. The van der Waals surface area contributed by atoms with Gasteiger partial charge in [-0.2, -0.15) is 8.78 Å². The Morgan fingerprint density at radius 3 is 1.84 bits per heavy atom. The first-order chi connectivity index (χ1) is 20.6. The molecule has 5 rings (SSSR count). The molecule has 7 heteroatoms. The molecule has 0 amide bonds. The lowest BCUT2D eigenvalue weighted by Gasteiger charge is -2.38. The van der Waals surface area contributed by atoms with Gasteiger partial charge in [-0.05, 0) is 91.0 Å². The van der Waals surface area contributed by atoms with E-state index in [9.17, 15) is 26.3 Å². The molecule has 2 aliphatic rings. The number of hydrogen-bond donors (Lipinski definition) is 0. The predicted octanol–water partition coefficient (Wildman–Crippen LogP) is 11.7. The van der Waals surface area contributed by atoms with Gasteiger partial charge < -0.3 is 4.74 Å². The summed E-state index contributed by atoms with van der Waals surface area (Å²) in [6, 6.07) is 11.6. The van der Waals surface area contributed by atoms with Gasteiger partial charge in [-0.15, -0.1) is 0 Å². The first kappa shape index (κ1) is 31.5. The third kappa shape index (κ3) is 7.58. The van der Waals surface area contributed by atoms with Gasteiger partial charge in [0.05, 0.1) is 5.56 Å². The van der Waals surface area contributed by atoms with Crippen molar-refractivity contribution in [2.75, 3.05) is 0 Å². The lowest BCUT2D eigenvalue weighted by Crippen LogP contribution is -2.25. The summed E-state index contributed by atoms with van der Waals surface area (Å²) in [7, 11) is 0. The van der Waals surface area contributed by atoms with E-state index in [2.05, 4.69) is 11.7 Å². The summed E-state index contributed by atoms with van der Waals surface area (Å²) in [6.07, 6.45) is 11.6. The fourth-order valence-electron chi connectivity index (χ4n) is 7.23. The highest BCUT2D eigenvalue weighted by molar-refractivity contribution is 5.64. The van der Waals surface area contributed by atoms with Crippen LogP contribution in [-0.2, 0) is 6.11 Å². The maximum Gasteiger partial charge on any atom is 0.429 e. The Hall–Kier alpha value is -2.96. The lowest BCUT2D eigenvalue weighted by molar-refractivity contribution is -0.187. The SMILES string of the molecule is CCCCCC1CCC(C2CCC(c3ccc(-c4ccc(C(F)(F)Oc5cc(F)c(F)c(F)c5)c(F)c4)cc3)CC2)CC1. The average molecular weight is 603 g/mol. The van der Waals surface area contributed by atoms with E-state index in [0.717, 1.165) is 29.9 Å². The third-order valence-corrected chi connectivity index (χ3v) is 9.75. The molecular weight excluding hydrogens is 562 g/mol. The smallest absolute Gasteiger partial charge is 0.429 e. The predicted molar refractivity (Wildman–Crippen MR) is 157 cm³/mol. The number of halogens is 6. The second-order valence-corrected chi connectivity index (χ2v) is 12.5. The quantitative estimate of drug-likeness (QED) is 0.127. The highest BCUT2D eigenvalue weighted by atomic mass is 19.3. The van der Waals surface area contributed by atoms with E-state index in [1.807, 2.05) is 24.3 Å². The van der Waals surface area contributed by atoms with E-state index in [1.165, 1.54) is 88.7 Å². The van der Waals surface area contributed by atoms with Crippen LogP contribution >= 0.6 is 0 Å². The second-order valence-electron chi connectivity index (χ2n) is 12.5. The van der Waals surface area contributed by atoms with Crippen LogP contribution in [0.5, 0.6) is 5.75 Å². The second kappa shape index (κ2) is 13.8. The third-order valence-electron chi connectivity index (χ3n) is 9.75. The minimum Gasteiger partial charge on any atom is -0.429 e. The molecule has 0 N–H and O–H groups in total. The Bertz CT molecular complexity index is 1330. The van der Waals surface area contributed by atoms with Crippen molar-refractivity contribution >= 4 is 0 Å². The van der Waals surface area contributed by atoms with Crippen LogP contribution in [-0.4, -0.2) is 0 Å². The van der Waals surface area contributed by atoms with Gasteiger partial charge in [0.2, 0.25) is 0 Å². The van der Waals surface area contributed by atoms with Crippen molar-refractivity contribution in [3.05, 3.63) is 89.0 Å². The molecule has 3 aromatic rings. The van der Waals surface area contributed by atoms with Crippen molar-refractivity contribution < 1.29 is 31.1 Å². The Morgan fingerprint density at radius 1 is 0.674 bits per heavy atom. The van der Waals surface area contributed by atoms with Crippen molar-refractivity contribution in [3.63, 3.8) is 0 Å². The zero-order valence-corrected chi connectivity index (χ0v) is 24.7. The van der Waals surface area contributed by atoms with Crippen LogP contribution in [0.15, 0.2) is 54.6 Å². The summed E-state index contributed by atoms with van der Waals surface area (Å²) >= 11 is 0. The molecule has 232 valence electrons. The number of alkyl halides is 2. The zero-order chi connectivity index (χ0) is 30.6. The van der Waals surface area contributed by atoms with Gasteiger partial charge in [0, 0.05) is 12.1 Å². The number of rotatable bonds is 10. The molecule has 0 heterocycles. The van der Waals surface area contributed by atoms with Gasteiger partial charge in [-0.1, -0.05) is 75.8 Å². The van der Waals surface area contributed by atoms with Crippen LogP contribution in [0.1, 0.15) is 101 Å². The zero-order valence-electron chi connectivity index (χ0n) is 24.7. The number of benzene rings is 3. The molecule has 43 heavy (non-hydrogen) atoms. The van der Waals surface area contributed by atoms with Gasteiger partial charge in [0.1, 0.15) is 11.6 Å². The topological polar surface area (TPSA) is 9.23 Å². The Labute approximate surface area is 250 Å². The fraction of sp³-hybridized carbons (Fsp3) is 0.500. The van der Waals surface area contributed by atoms with Crippen LogP contribution in [0.2, 0.25) is 0 Å². The highest BCUT2D eigenvalue weighted by Crippen LogP contribution is 2.45. The summed E-state index contributed by atoms with van der Waals surface area (Å²) in [4.78, 5) is 0. The standard InChI is InChI=1S/C36H40F6O/c1-2-3-4-5-23-6-8-24(9-7-23)25-10-12-26(13-11-25)27-14-16-28(17-15-27)29-18-19-31(32(37)20-29)36(41,42)43-30-21-33(38)35(40)34(39)22-30/h14-26H,2-13H2,1H3. The van der Waals surface area contributed by atoms with E-state index >= 15 is 0 Å². The van der Waals surface area contributed by atoms with Crippen molar-refractivity contribution in [3.8, 4) is 16.9 Å². The van der Waals surface area contributed by atoms with Crippen LogP contribution in [0.25, 0.3) is 11.1 Å². The molecule has 2 fully saturated rings. The molecule has 0 unspecified atom stereocenters. The highest BCUT2D eigenvalue weighted by Gasteiger charge is 2.38. The van der Waals surface area contributed by atoms with Crippen LogP contribution in [0, 0.1) is 41.0 Å². The van der Waals surface area contributed by atoms with Crippen molar-refractivity contribution in [2.45, 2.75) is 96.0 Å². The van der Waals surface area contributed by atoms with Crippen LogP contribution in [0.3, 0.4) is 0 Å². The molecule has 1 nitrogen and oxygen atoms in total. The monoisotopic (exact) mass is 602 g/mol. The van der Waals surface area contributed by atoms with Gasteiger partial charge in [0.25, 0.3) is 0 Å².